The fourth-order valence-corrected chi connectivity index (χ4v) is 2.72. The van der Waals surface area contributed by atoms with Gasteiger partial charge in [-0.25, -0.2) is 0 Å². The van der Waals surface area contributed by atoms with Gasteiger partial charge in [-0.15, -0.1) is 0 Å². The Morgan fingerprint density at radius 1 is 1.14 bits per heavy atom. The van der Waals surface area contributed by atoms with Crippen molar-refractivity contribution in [1.82, 2.24) is 0 Å². The quantitative estimate of drug-likeness (QED) is 0.919. The Labute approximate surface area is 130 Å². The fourth-order valence-electron chi connectivity index (χ4n) is 2.72. The number of hydrogen-bond acceptors (Lipinski definition) is 4. The van der Waals surface area contributed by atoms with Gasteiger partial charge in [0, 0.05) is 11.6 Å². The van der Waals surface area contributed by atoms with Gasteiger partial charge in [0.1, 0.15) is 5.75 Å². The van der Waals surface area contributed by atoms with Crippen LogP contribution in [0.25, 0.3) is 0 Å². The summed E-state index contributed by atoms with van der Waals surface area (Å²) in [5.74, 6) is 2.48. The van der Waals surface area contributed by atoms with E-state index in [1.165, 1.54) is 11.1 Å². The molecule has 22 heavy (non-hydrogen) atoms. The van der Waals surface area contributed by atoms with Crippen LogP contribution in [0.15, 0.2) is 36.4 Å². The molecule has 1 heterocycles. The van der Waals surface area contributed by atoms with Gasteiger partial charge in [0.05, 0.1) is 7.11 Å². The lowest BCUT2D eigenvalue weighted by atomic mass is 9.97. The second-order valence-electron chi connectivity index (χ2n) is 5.58. The predicted molar refractivity (Wildman–Crippen MR) is 85.5 cm³/mol. The van der Waals surface area contributed by atoms with Gasteiger partial charge >= 0.3 is 0 Å². The summed E-state index contributed by atoms with van der Waals surface area (Å²) in [6, 6.07) is 12.1. The van der Waals surface area contributed by atoms with Crippen LogP contribution in [-0.4, -0.2) is 13.9 Å². The van der Waals surface area contributed by atoms with E-state index in [4.69, 9.17) is 19.9 Å². The Bertz CT molecular complexity index is 669. The molecule has 0 radical (unpaired) electrons. The molecule has 2 aromatic rings. The van der Waals surface area contributed by atoms with Gasteiger partial charge in [0.15, 0.2) is 11.5 Å². The van der Waals surface area contributed by atoms with E-state index in [1.54, 1.807) is 7.11 Å². The molecule has 2 N–H and O–H groups in total. The maximum absolute atomic E-state index is 6.36. The van der Waals surface area contributed by atoms with E-state index in [9.17, 15) is 0 Å². The van der Waals surface area contributed by atoms with E-state index >= 15 is 0 Å². The highest BCUT2D eigenvalue weighted by Crippen LogP contribution is 2.33. The van der Waals surface area contributed by atoms with E-state index in [1.807, 2.05) is 24.3 Å². The molecule has 1 aliphatic rings. The lowest BCUT2D eigenvalue weighted by molar-refractivity contribution is 0.174. The van der Waals surface area contributed by atoms with Crippen LogP contribution in [0.4, 0.5) is 0 Å². The average Bonchev–Trinajstić information content (AvgIpc) is 3.00. The van der Waals surface area contributed by atoms with Crippen molar-refractivity contribution in [2.24, 2.45) is 5.73 Å². The normalized spacial score (nSPS) is 14.0. The molecule has 4 heteroatoms. The largest absolute Gasteiger partial charge is 0.496 e. The second kappa shape index (κ2) is 6.28. The van der Waals surface area contributed by atoms with Crippen LogP contribution in [0, 0.1) is 6.92 Å². The van der Waals surface area contributed by atoms with Crippen LogP contribution in [0.2, 0.25) is 0 Å². The summed E-state index contributed by atoms with van der Waals surface area (Å²) in [5, 5.41) is 0. The Kier molecular flexibility index (Phi) is 4.20. The van der Waals surface area contributed by atoms with Crippen molar-refractivity contribution in [3.05, 3.63) is 53.1 Å². The highest BCUT2D eigenvalue weighted by molar-refractivity contribution is 5.44. The first-order valence-electron chi connectivity index (χ1n) is 7.46. The molecule has 0 fully saturated rings. The molecule has 4 nitrogen and oxygen atoms in total. The lowest BCUT2D eigenvalue weighted by Gasteiger charge is -2.16. The van der Waals surface area contributed by atoms with Gasteiger partial charge in [-0.2, -0.15) is 0 Å². The van der Waals surface area contributed by atoms with Gasteiger partial charge in [-0.05, 0) is 43.5 Å². The highest BCUT2D eigenvalue weighted by atomic mass is 16.7. The summed E-state index contributed by atoms with van der Waals surface area (Å²) < 4.78 is 16.2. The predicted octanol–water partition coefficient (Wildman–Crippen LogP) is 3.36. The number of nitrogens with two attached hydrogens (primary N) is 1. The standard InChI is InChI=1S/C18H21NO3/c1-12-3-7-16(20-2)14(9-12)15(19)6-4-13-5-8-17-18(10-13)22-11-21-17/h3,5,7-10,15H,4,6,11,19H2,1-2H3. The summed E-state index contributed by atoms with van der Waals surface area (Å²) in [5.41, 5.74) is 9.81. The second-order valence-corrected chi connectivity index (χ2v) is 5.58. The third-order valence-electron chi connectivity index (χ3n) is 3.97. The molecule has 0 amide bonds. The van der Waals surface area contributed by atoms with Crippen LogP contribution in [0.5, 0.6) is 17.2 Å². The zero-order valence-electron chi connectivity index (χ0n) is 13.0. The van der Waals surface area contributed by atoms with E-state index < -0.39 is 0 Å². The van der Waals surface area contributed by atoms with Crippen LogP contribution in [0.3, 0.4) is 0 Å². The highest BCUT2D eigenvalue weighted by Gasteiger charge is 2.15. The molecule has 0 saturated carbocycles. The Balaban J connectivity index is 1.70. The van der Waals surface area contributed by atoms with E-state index in [2.05, 4.69) is 19.1 Å². The van der Waals surface area contributed by atoms with Crippen molar-refractivity contribution >= 4 is 0 Å². The molecule has 0 saturated heterocycles. The van der Waals surface area contributed by atoms with E-state index in [0.29, 0.717) is 6.79 Å². The maximum atomic E-state index is 6.36. The van der Waals surface area contributed by atoms with Crippen LogP contribution in [-0.2, 0) is 6.42 Å². The minimum atomic E-state index is -0.0553. The molecule has 0 aliphatic carbocycles. The first-order valence-corrected chi connectivity index (χ1v) is 7.46. The monoisotopic (exact) mass is 299 g/mol. The van der Waals surface area contributed by atoms with E-state index in [0.717, 1.165) is 35.7 Å². The van der Waals surface area contributed by atoms with Crippen molar-refractivity contribution in [1.29, 1.82) is 0 Å². The van der Waals surface area contributed by atoms with Crippen LogP contribution < -0.4 is 19.9 Å². The Morgan fingerprint density at radius 3 is 2.77 bits per heavy atom. The first-order chi connectivity index (χ1) is 10.7. The molecule has 0 aromatic heterocycles. The summed E-state index contributed by atoms with van der Waals surface area (Å²) in [6.07, 6.45) is 1.73. The zero-order valence-corrected chi connectivity index (χ0v) is 13.0. The number of methoxy groups -OCH3 is 1. The SMILES string of the molecule is COc1ccc(C)cc1C(N)CCc1ccc2c(c1)OCO2. The molecule has 0 spiro atoms. The molecule has 2 aromatic carbocycles. The van der Waals surface area contributed by atoms with Crippen molar-refractivity contribution < 1.29 is 14.2 Å². The molecule has 1 unspecified atom stereocenters. The number of ether oxygens (including phenoxy) is 3. The van der Waals surface area contributed by atoms with Gasteiger partial charge in [0.2, 0.25) is 6.79 Å². The lowest BCUT2D eigenvalue weighted by Crippen LogP contribution is -2.13. The van der Waals surface area contributed by atoms with Gasteiger partial charge in [-0.3, -0.25) is 0 Å². The summed E-state index contributed by atoms with van der Waals surface area (Å²) in [7, 11) is 1.68. The molecular formula is C18H21NO3. The van der Waals surface area contributed by atoms with Gasteiger partial charge in [-0.1, -0.05) is 23.8 Å². The van der Waals surface area contributed by atoms with E-state index in [-0.39, 0.29) is 6.04 Å². The third kappa shape index (κ3) is 3.02. The molecule has 3 rings (SSSR count). The average molecular weight is 299 g/mol. The number of hydrogen-bond donors (Lipinski definition) is 1. The number of fused-ring (bicyclic) bond motifs is 1. The zero-order chi connectivity index (χ0) is 15.5. The number of benzene rings is 2. The Hall–Kier alpha value is -2.20. The minimum absolute atomic E-state index is 0.0553. The fraction of sp³-hybridized carbons (Fsp3) is 0.333. The van der Waals surface area contributed by atoms with Crippen molar-refractivity contribution in [2.45, 2.75) is 25.8 Å². The van der Waals surface area contributed by atoms with Crippen LogP contribution >= 0.6 is 0 Å². The Morgan fingerprint density at radius 2 is 1.95 bits per heavy atom. The third-order valence-corrected chi connectivity index (χ3v) is 3.97. The molecule has 1 atom stereocenters. The van der Waals surface area contributed by atoms with Crippen molar-refractivity contribution in [3.8, 4) is 17.2 Å². The molecule has 1 aliphatic heterocycles. The van der Waals surface area contributed by atoms with Crippen LogP contribution in [0.1, 0.15) is 29.2 Å². The van der Waals surface area contributed by atoms with Crippen molar-refractivity contribution in [3.63, 3.8) is 0 Å². The van der Waals surface area contributed by atoms with Crippen molar-refractivity contribution in [2.75, 3.05) is 13.9 Å². The molecular weight excluding hydrogens is 278 g/mol. The number of aryl methyl sites for hydroxylation is 2. The summed E-state index contributed by atoms with van der Waals surface area (Å²) >= 11 is 0. The maximum Gasteiger partial charge on any atom is 0.231 e. The topological polar surface area (TPSA) is 53.7 Å². The summed E-state index contributed by atoms with van der Waals surface area (Å²) in [4.78, 5) is 0. The molecule has 116 valence electrons. The molecule has 0 bridgehead atoms. The summed E-state index contributed by atoms with van der Waals surface area (Å²) in [6.45, 7) is 2.37. The van der Waals surface area contributed by atoms with Gasteiger partial charge < -0.3 is 19.9 Å². The minimum Gasteiger partial charge on any atom is -0.496 e. The first kappa shape index (κ1) is 14.7. The smallest absolute Gasteiger partial charge is 0.231 e. The van der Waals surface area contributed by atoms with Gasteiger partial charge in [0.25, 0.3) is 0 Å². The number of rotatable bonds is 5.